The van der Waals surface area contributed by atoms with Gasteiger partial charge in [0.05, 0.1) is 13.0 Å². The van der Waals surface area contributed by atoms with Gasteiger partial charge in [0.25, 0.3) is 5.91 Å². The maximum absolute atomic E-state index is 15.7. The van der Waals surface area contributed by atoms with Crippen LogP contribution in [0.1, 0.15) is 65.5 Å². The number of amides is 2. The molecule has 3 N–H and O–H groups in total. The lowest BCUT2D eigenvalue weighted by molar-refractivity contribution is -0.286. The van der Waals surface area contributed by atoms with Crippen molar-refractivity contribution in [2.75, 3.05) is 25.1 Å². The van der Waals surface area contributed by atoms with Gasteiger partial charge in [0.2, 0.25) is 5.91 Å². The Morgan fingerprint density at radius 2 is 1.83 bits per heavy atom. The van der Waals surface area contributed by atoms with Crippen molar-refractivity contribution in [2.24, 2.45) is 10.7 Å². The minimum Gasteiger partial charge on any atom is -0.395 e. The molecular weight excluding hydrogens is 617 g/mol. The number of amidine groups is 1. The van der Waals surface area contributed by atoms with E-state index in [0.717, 1.165) is 12.8 Å². The molecule has 4 heterocycles. The third-order valence-corrected chi connectivity index (χ3v) is 9.16. The van der Waals surface area contributed by atoms with Crippen molar-refractivity contribution in [1.29, 1.82) is 0 Å². The molecule has 0 radical (unpaired) electrons. The van der Waals surface area contributed by atoms with Gasteiger partial charge in [-0.1, -0.05) is 0 Å². The standard InChI is InChI=1S/C33H33F3N6O5/c1-16-27(17(2)39-26(38-16)14-25(37)43)19-12-22(34)21(15-45-3)23(13-19)42-10-8-32(9-11-42)31(44)40-30(41-32)20-6-7-24-29(28(20)18-4-5-18)47-33(35,36)46-24/h6-7,12-13,18H,4-5,8-11,14-15H2,1-3H3,(H2,37,43)(H,40,41,44). The molecule has 2 amide bonds. The summed E-state index contributed by atoms with van der Waals surface area (Å²) < 4.78 is 58.5. The van der Waals surface area contributed by atoms with E-state index in [0.29, 0.717) is 82.5 Å². The van der Waals surface area contributed by atoms with Crippen LogP contribution in [0.15, 0.2) is 29.3 Å². The second-order valence-electron chi connectivity index (χ2n) is 12.4. The van der Waals surface area contributed by atoms with Gasteiger partial charge in [0, 0.05) is 59.5 Å². The first-order valence-electron chi connectivity index (χ1n) is 15.4. The quantitative estimate of drug-likeness (QED) is 0.370. The van der Waals surface area contributed by atoms with E-state index in [4.69, 9.17) is 20.2 Å². The number of anilines is 1. The minimum atomic E-state index is -3.75. The summed E-state index contributed by atoms with van der Waals surface area (Å²) in [4.78, 5) is 40.7. The van der Waals surface area contributed by atoms with E-state index in [9.17, 15) is 18.4 Å². The fraction of sp³-hybridized carbons (Fsp3) is 0.424. The highest BCUT2D eigenvalue weighted by Gasteiger charge is 2.50. The number of methoxy groups -OCH3 is 1. The van der Waals surface area contributed by atoms with Crippen LogP contribution in [0, 0.1) is 19.7 Å². The van der Waals surface area contributed by atoms with E-state index in [1.165, 1.54) is 19.2 Å². The minimum absolute atomic E-state index is 0.00585. The molecule has 0 bridgehead atoms. The van der Waals surface area contributed by atoms with Crippen LogP contribution in [0.4, 0.5) is 18.9 Å². The predicted molar refractivity (Wildman–Crippen MR) is 164 cm³/mol. The zero-order chi connectivity index (χ0) is 33.2. The molecule has 7 rings (SSSR count). The molecule has 1 aromatic heterocycles. The van der Waals surface area contributed by atoms with Crippen molar-refractivity contribution >= 4 is 23.3 Å². The number of nitrogens with two attached hydrogens (primary N) is 1. The number of benzene rings is 2. The van der Waals surface area contributed by atoms with Crippen molar-refractivity contribution in [3.63, 3.8) is 0 Å². The van der Waals surface area contributed by atoms with Crippen molar-refractivity contribution in [3.8, 4) is 22.6 Å². The number of halogens is 3. The van der Waals surface area contributed by atoms with Crippen LogP contribution in [-0.2, 0) is 27.4 Å². The SMILES string of the molecule is COCc1c(F)cc(-c2c(C)nc(CC(N)=O)nc2C)cc1N1CCC2(CC1)N=C(c1ccc3c(c1C1CC1)OC(F)(F)O3)NC2=O. The lowest BCUT2D eigenvalue weighted by Gasteiger charge is -2.38. The average Bonchev–Trinajstić information content (AvgIpc) is 3.71. The number of aryl methyl sites for hydroxylation is 2. The van der Waals surface area contributed by atoms with Crippen LogP contribution in [0.2, 0.25) is 0 Å². The number of carbonyl (C=O) groups is 2. The Morgan fingerprint density at radius 3 is 2.47 bits per heavy atom. The van der Waals surface area contributed by atoms with E-state index in [1.54, 1.807) is 19.9 Å². The number of hydrogen-bond acceptors (Lipinski definition) is 9. The largest absolute Gasteiger partial charge is 0.586 e. The van der Waals surface area contributed by atoms with E-state index in [1.807, 2.05) is 11.0 Å². The normalized spacial score (nSPS) is 19.2. The molecule has 0 atom stereocenters. The van der Waals surface area contributed by atoms with Crippen molar-refractivity contribution < 1.29 is 37.0 Å². The lowest BCUT2D eigenvalue weighted by atomic mass is 9.87. The van der Waals surface area contributed by atoms with E-state index < -0.39 is 23.6 Å². The Balaban J connectivity index is 1.19. The number of hydrogen-bond donors (Lipinski definition) is 2. The molecule has 3 aliphatic heterocycles. The Labute approximate surface area is 268 Å². The van der Waals surface area contributed by atoms with Crippen LogP contribution in [0.3, 0.4) is 0 Å². The molecule has 1 spiro atoms. The van der Waals surface area contributed by atoms with Gasteiger partial charge in [-0.05, 0) is 75.3 Å². The highest BCUT2D eigenvalue weighted by atomic mass is 19.3. The zero-order valence-electron chi connectivity index (χ0n) is 26.1. The smallest absolute Gasteiger partial charge is 0.395 e. The number of nitrogens with zero attached hydrogens (tertiary/aromatic N) is 4. The number of piperidine rings is 1. The summed E-state index contributed by atoms with van der Waals surface area (Å²) in [5, 5.41) is 2.91. The summed E-state index contributed by atoms with van der Waals surface area (Å²) in [6, 6.07) is 6.35. The van der Waals surface area contributed by atoms with Crippen molar-refractivity contribution in [1.82, 2.24) is 15.3 Å². The number of aliphatic imine (C=N–C) groups is 1. The highest BCUT2D eigenvalue weighted by Crippen LogP contribution is 2.53. The van der Waals surface area contributed by atoms with Crippen LogP contribution in [0.25, 0.3) is 11.1 Å². The van der Waals surface area contributed by atoms with Crippen LogP contribution in [0.5, 0.6) is 11.5 Å². The molecule has 47 heavy (non-hydrogen) atoms. The topological polar surface area (TPSA) is 141 Å². The molecule has 14 heteroatoms. The summed E-state index contributed by atoms with van der Waals surface area (Å²) in [6.45, 7) is 4.35. The molecule has 4 aliphatic rings. The van der Waals surface area contributed by atoms with Gasteiger partial charge in [-0.3, -0.25) is 14.6 Å². The summed E-state index contributed by atoms with van der Waals surface area (Å²) in [6.07, 6.45) is -1.57. The molecule has 1 aliphatic carbocycles. The first kappa shape index (κ1) is 30.9. The molecule has 3 aromatic rings. The molecule has 1 saturated heterocycles. The lowest BCUT2D eigenvalue weighted by Crippen LogP contribution is -2.49. The number of ether oxygens (including phenoxy) is 3. The number of carbonyl (C=O) groups excluding carboxylic acids is 2. The molecule has 1 saturated carbocycles. The van der Waals surface area contributed by atoms with E-state index >= 15 is 4.39 Å². The van der Waals surface area contributed by atoms with Crippen LogP contribution >= 0.6 is 0 Å². The number of primary amides is 1. The molecular formula is C33H33F3N6O5. The first-order valence-corrected chi connectivity index (χ1v) is 15.4. The van der Waals surface area contributed by atoms with Gasteiger partial charge >= 0.3 is 6.29 Å². The van der Waals surface area contributed by atoms with Gasteiger partial charge in [0.15, 0.2) is 11.5 Å². The molecule has 246 valence electrons. The number of fused-ring (bicyclic) bond motifs is 1. The second-order valence-corrected chi connectivity index (χ2v) is 12.4. The predicted octanol–water partition coefficient (Wildman–Crippen LogP) is 4.19. The molecule has 0 unspecified atom stereocenters. The number of rotatable bonds is 8. The highest BCUT2D eigenvalue weighted by molar-refractivity contribution is 6.16. The average molecular weight is 651 g/mol. The second kappa shape index (κ2) is 11.2. The van der Waals surface area contributed by atoms with Gasteiger partial charge in [-0.2, -0.15) is 0 Å². The summed E-state index contributed by atoms with van der Waals surface area (Å²) >= 11 is 0. The van der Waals surface area contributed by atoms with Gasteiger partial charge < -0.3 is 30.2 Å². The molecule has 11 nitrogen and oxygen atoms in total. The Hall–Kier alpha value is -4.72. The van der Waals surface area contributed by atoms with Crippen LogP contribution < -0.4 is 25.4 Å². The monoisotopic (exact) mass is 650 g/mol. The first-order chi connectivity index (χ1) is 22.4. The number of nitrogens with one attached hydrogen (secondary N) is 1. The van der Waals surface area contributed by atoms with E-state index in [2.05, 4.69) is 20.0 Å². The van der Waals surface area contributed by atoms with E-state index in [-0.39, 0.29) is 36.4 Å². The van der Waals surface area contributed by atoms with Gasteiger partial charge in [-0.25, -0.2) is 14.4 Å². The third-order valence-electron chi connectivity index (χ3n) is 9.16. The maximum Gasteiger partial charge on any atom is 0.586 e. The molecule has 2 aromatic carbocycles. The van der Waals surface area contributed by atoms with Gasteiger partial charge in [-0.15, -0.1) is 8.78 Å². The zero-order valence-corrected chi connectivity index (χ0v) is 26.1. The Kier molecular flexibility index (Phi) is 7.38. The summed E-state index contributed by atoms with van der Waals surface area (Å²) in [7, 11) is 1.49. The number of aromatic nitrogens is 2. The number of alkyl halides is 2. The fourth-order valence-electron chi connectivity index (χ4n) is 6.89. The van der Waals surface area contributed by atoms with Crippen molar-refractivity contribution in [3.05, 3.63) is 64.0 Å². The van der Waals surface area contributed by atoms with Crippen LogP contribution in [-0.4, -0.2) is 59.7 Å². The molecule has 2 fully saturated rings. The van der Waals surface area contributed by atoms with Crippen molar-refractivity contribution in [2.45, 2.75) is 70.3 Å². The third kappa shape index (κ3) is 5.53. The Bertz CT molecular complexity index is 1830. The fourth-order valence-corrected chi connectivity index (χ4v) is 6.89. The summed E-state index contributed by atoms with van der Waals surface area (Å²) in [5.74, 6) is -0.685. The van der Waals surface area contributed by atoms with Gasteiger partial charge in [0.1, 0.15) is 23.0 Å². The Morgan fingerprint density at radius 1 is 1.13 bits per heavy atom. The maximum atomic E-state index is 15.7. The summed E-state index contributed by atoms with van der Waals surface area (Å²) in [5.41, 5.74) is 8.75.